The lowest BCUT2D eigenvalue weighted by atomic mass is 10.0. The van der Waals surface area contributed by atoms with Gasteiger partial charge in [-0.3, -0.25) is 9.69 Å². The molecule has 5 nitrogen and oxygen atoms in total. The highest BCUT2D eigenvalue weighted by Gasteiger charge is 2.13. The summed E-state index contributed by atoms with van der Waals surface area (Å²) in [6.45, 7) is 4.04. The number of nitrogens with one attached hydrogen (secondary N) is 1. The summed E-state index contributed by atoms with van der Waals surface area (Å²) in [5.41, 5.74) is 3.20. The number of rotatable bonds is 5. The van der Waals surface area contributed by atoms with Gasteiger partial charge in [-0.2, -0.15) is 5.10 Å². The van der Waals surface area contributed by atoms with Gasteiger partial charge >= 0.3 is 0 Å². The van der Waals surface area contributed by atoms with E-state index in [1.165, 1.54) is 48.2 Å². The smallest absolute Gasteiger partial charge is 0.282 e. The lowest BCUT2D eigenvalue weighted by molar-refractivity contribution is 0.220. The van der Waals surface area contributed by atoms with Gasteiger partial charge in [0.25, 0.3) is 5.56 Å². The quantitative estimate of drug-likeness (QED) is 0.851. The zero-order valence-corrected chi connectivity index (χ0v) is 15.6. The third-order valence-electron chi connectivity index (χ3n) is 4.51. The number of hydrogen-bond donors (Lipinski definition) is 1. The standard InChI is InChI=1S/C18H23BrN4O/c1-22-18(24)17(19)16(12-21-22)20-11-14-7-3-4-8-15(14)13-23-9-5-2-6-10-23/h3-4,7-8,12,20H,2,5-6,9-11,13H2,1H3. The number of aromatic nitrogens is 2. The summed E-state index contributed by atoms with van der Waals surface area (Å²) in [6.07, 6.45) is 5.63. The predicted molar refractivity (Wildman–Crippen MR) is 100 cm³/mol. The van der Waals surface area contributed by atoms with E-state index >= 15 is 0 Å². The molecule has 0 amide bonds. The van der Waals surface area contributed by atoms with Gasteiger partial charge < -0.3 is 5.32 Å². The van der Waals surface area contributed by atoms with Crippen molar-refractivity contribution < 1.29 is 0 Å². The molecule has 1 fully saturated rings. The van der Waals surface area contributed by atoms with Gasteiger partial charge in [0.15, 0.2) is 0 Å². The van der Waals surface area contributed by atoms with Gasteiger partial charge in [0.05, 0.1) is 11.9 Å². The summed E-state index contributed by atoms with van der Waals surface area (Å²) in [4.78, 5) is 14.5. The van der Waals surface area contributed by atoms with Gasteiger partial charge in [0, 0.05) is 20.1 Å². The van der Waals surface area contributed by atoms with Crippen molar-refractivity contribution in [2.24, 2.45) is 7.05 Å². The minimum Gasteiger partial charge on any atom is -0.379 e. The largest absolute Gasteiger partial charge is 0.379 e. The first-order valence-electron chi connectivity index (χ1n) is 8.40. The van der Waals surface area contributed by atoms with Crippen molar-refractivity contribution in [3.8, 4) is 0 Å². The van der Waals surface area contributed by atoms with Crippen molar-refractivity contribution in [1.29, 1.82) is 0 Å². The van der Waals surface area contributed by atoms with Crippen molar-refractivity contribution in [2.45, 2.75) is 32.4 Å². The number of piperidine rings is 1. The van der Waals surface area contributed by atoms with E-state index in [1.807, 2.05) is 0 Å². The fourth-order valence-electron chi connectivity index (χ4n) is 3.07. The fourth-order valence-corrected chi connectivity index (χ4v) is 3.57. The Kier molecular flexibility index (Phi) is 5.68. The second-order valence-corrected chi connectivity index (χ2v) is 7.05. The molecule has 0 radical (unpaired) electrons. The number of benzene rings is 1. The topological polar surface area (TPSA) is 50.2 Å². The molecule has 24 heavy (non-hydrogen) atoms. The third-order valence-corrected chi connectivity index (χ3v) is 5.27. The molecular formula is C18H23BrN4O. The van der Waals surface area contributed by atoms with E-state index in [0.717, 1.165) is 12.2 Å². The molecule has 0 atom stereocenters. The maximum atomic E-state index is 11.9. The second kappa shape index (κ2) is 7.94. The molecule has 0 aliphatic carbocycles. The lowest BCUT2D eigenvalue weighted by Crippen LogP contribution is -2.29. The number of nitrogens with zero attached hydrogens (tertiary/aromatic N) is 3. The highest BCUT2D eigenvalue weighted by molar-refractivity contribution is 9.10. The van der Waals surface area contributed by atoms with Crippen LogP contribution < -0.4 is 10.9 Å². The molecule has 0 saturated carbocycles. The molecule has 6 heteroatoms. The van der Waals surface area contributed by atoms with Crippen LogP contribution in [0.3, 0.4) is 0 Å². The van der Waals surface area contributed by atoms with E-state index < -0.39 is 0 Å². The molecule has 1 saturated heterocycles. The predicted octanol–water partition coefficient (Wildman–Crippen LogP) is 3.14. The zero-order valence-electron chi connectivity index (χ0n) is 14.0. The summed E-state index contributed by atoms with van der Waals surface area (Å²) in [7, 11) is 1.64. The highest BCUT2D eigenvalue weighted by atomic mass is 79.9. The van der Waals surface area contributed by atoms with E-state index in [9.17, 15) is 4.79 Å². The molecule has 2 heterocycles. The Balaban J connectivity index is 1.71. The average Bonchev–Trinajstić information content (AvgIpc) is 2.61. The molecule has 1 N–H and O–H groups in total. The molecule has 128 valence electrons. The number of anilines is 1. The number of aryl methyl sites for hydroxylation is 1. The first kappa shape index (κ1) is 17.2. The maximum absolute atomic E-state index is 11.9. The van der Waals surface area contributed by atoms with Crippen LogP contribution in [-0.2, 0) is 20.1 Å². The van der Waals surface area contributed by atoms with Crippen molar-refractivity contribution >= 4 is 21.6 Å². The third kappa shape index (κ3) is 4.05. The van der Waals surface area contributed by atoms with Gasteiger partial charge in [-0.1, -0.05) is 30.7 Å². The second-order valence-electron chi connectivity index (χ2n) is 6.26. The zero-order chi connectivity index (χ0) is 16.9. The molecule has 0 bridgehead atoms. The molecule has 3 rings (SSSR count). The molecule has 1 aromatic carbocycles. The molecule has 2 aromatic rings. The molecular weight excluding hydrogens is 368 g/mol. The maximum Gasteiger partial charge on any atom is 0.282 e. The normalized spacial score (nSPS) is 15.4. The fraction of sp³-hybridized carbons (Fsp3) is 0.444. The summed E-state index contributed by atoms with van der Waals surface area (Å²) < 4.78 is 1.84. The molecule has 1 aromatic heterocycles. The van der Waals surface area contributed by atoms with Crippen LogP contribution >= 0.6 is 15.9 Å². The van der Waals surface area contributed by atoms with E-state index in [4.69, 9.17) is 0 Å². The van der Waals surface area contributed by atoms with Crippen LogP contribution in [0.15, 0.2) is 39.7 Å². The molecule has 0 spiro atoms. The van der Waals surface area contributed by atoms with E-state index in [-0.39, 0.29) is 5.56 Å². The number of hydrogen-bond acceptors (Lipinski definition) is 4. The summed E-state index contributed by atoms with van der Waals surface area (Å²) >= 11 is 3.36. The van der Waals surface area contributed by atoms with Gasteiger partial charge in [0.2, 0.25) is 0 Å². The monoisotopic (exact) mass is 390 g/mol. The van der Waals surface area contributed by atoms with Gasteiger partial charge in [-0.15, -0.1) is 0 Å². The molecule has 1 aliphatic rings. The van der Waals surface area contributed by atoms with Crippen LogP contribution in [0, 0.1) is 0 Å². The van der Waals surface area contributed by atoms with Crippen molar-refractivity contribution in [3.05, 3.63) is 56.4 Å². The Morgan fingerprint density at radius 3 is 2.62 bits per heavy atom. The Morgan fingerprint density at radius 2 is 1.88 bits per heavy atom. The van der Waals surface area contributed by atoms with Gasteiger partial charge in [-0.05, 0) is 53.0 Å². The van der Waals surface area contributed by atoms with Crippen molar-refractivity contribution in [1.82, 2.24) is 14.7 Å². The number of halogens is 1. The van der Waals surface area contributed by atoms with Gasteiger partial charge in [-0.25, -0.2) is 4.68 Å². The Bertz CT molecular complexity index is 753. The van der Waals surface area contributed by atoms with Crippen LogP contribution in [0.25, 0.3) is 0 Å². The number of likely N-dealkylation sites (tertiary alicyclic amines) is 1. The first-order valence-corrected chi connectivity index (χ1v) is 9.19. The van der Waals surface area contributed by atoms with Crippen LogP contribution in [-0.4, -0.2) is 27.8 Å². The lowest BCUT2D eigenvalue weighted by Gasteiger charge is -2.27. The SMILES string of the molecule is Cn1ncc(NCc2ccccc2CN2CCCCC2)c(Br)c1=O. The van der Waals surface area contributed by atoms with Crippen molar-refractivity contribution in [2.75, 3.05) is 18.4 Å². The van der Waals surface area contributed by atoms with E-state index in [1.54, 1.807) is 13.2 Å². The summed E-state index contributed by atoms with van der Waals surface area (Å²) in [5.74, 6) is 0. The van der Waals surface area contributed by atoms with E-state index in [0.29, 0.717) is 11.0 Å². The summed E-state index contributed by atoms with van der Waals surface area (Å²) in [6, 6.07) is 8.50. The van der Waals surface area contributed by atoms with Gasteiger partial charge in [0.1, 0.15) is 4.47 Å². The minimum atomic E-state index is -0.137. The van der Waals surface area contributed by atoms with E-state index in [2.05, 4.69) is 55.5 Å². The van der Waals surface area contributed by atoms with Crippen molar-refractivity contribution in [3.63, 3.8) is 0 Å². The Morgan fingerprint density at radius 1 is 1.17 bits per heavy atom. The molecule has 0 unspecified atom stereocenters. The van der Waals surface area contributed by atoms with Crippen LogP contribution in [0.2, 0.25) is 0 Å². The van der Waals surface area contributed by atoms with Crippen LogP contribution in [0.4, 0.5) is 5.69 Å². The Labute approximate surface area is 150 Å². The van der Waals surface area contributed by atoms with Crippen LogP contribution in [0.1, 0.15) is 30.4 Å². The Hall–Kier alpha value is -1.66. The summed E-state index contributed by atoms with van der Waals surface area (Å²) in [5, 5.41) is 7.40. The average molecular weight is 391 g/mol. The van der Waals surface area contributed by atoms with Crippen LogP contribution in [0.5, 0.6) is 0 Å². The highest BCUT2D eigenvalue weighted by Crippen LogP contribution is 2.20. The molecule has 1 aliphatic heterocycles. The minimum absolute atomic E-state index is 0.137. The first-order chi connectivity index (χ1) is 11.6.